The molecule has 0 atom stereocenters. The Kier molecular flexibility index (Phi) is 4.14. The molecular weight excluding hydrogens is 302 g/mol. The zero-order valence-electron chi connectivity index (χ0n) is 10.3. The number of carbonyl (C=O) groups is 1. The summed E-state index contributed by atoms with van der Waals surface area (Å²) in [6, 6.07) is 5.66. The first kappa shape index (κ1) is 14.5. The van der Waals surface area contributed by atoms with Crippen molar-refractivity contribution in [1.82, 2.24) is 10.2 Å². The van der Waals surface area contributed by atoms with Gasteiger partial charge in [0, 0.05) is 17.8 Å². The predicted molar refractivity (Wildman–Crippen MR) is 75.6 cm³/mol. The van der Waals surface area contributed by atoms with Crippen molar-refractivity contribution >= 4 is 34.8 Å². The summed E-state index contributed by atoms with van der Waals surface area (Å²) in [5.74, 6) is 0.121. The van der Waals surface area contributed by atoms with Gasteiger partial charge in [0.2, 0.25) is 0 Å². The molecule has 0 bridgehead atoms. The summed E-state index contributed by atoms with van der Waals surface area (Å²) in [5.41, 5.74) is -0.543. The lowest BCUT2D eigenvalue weighted by Crippen LogP contribution is -2.21. The molecule has 1 aromatic carbocycles. The summed E-state index contributed by atoms with van der Waals surface area (Å²) in [7, 11) is 0. The lowest BCUT2D eigenvalue weighted by Gasteiger charge is -2.06. The summed E-state index contributed by atoms with van der Waals surface area (Å²) in [6.45, 7) is 0. The molecule has 0 spiro atoms. The topological polar surface area (TPSA) is 130 Å². The third-order valence-corrected chi connectivity index (χ3v) is 2.64. The second-order valence-electron chi connectivity index (χ2n) is 3.81. The Morgan fingerprint density at radius 2 is 2.05 bits per heavy atom. The largest absolute Gasteiger partial charge is 0.324 e. The first-order valence-corrected chi connectivity index (χ1v) is 5.91. The van der Waals surface area contributed by atoms with Crippen LogP contribution in [0.3, 0.4) is 0 Å². The van der Waals surface area contributed by atoms with Crippen LogP contribution in [0, 0.1) is 10.1 Å². The number of aromatic nitrogens is 2. The minimum Gasteiger partial charge on any atom is -0.307 e. The first-order chi connectivity index (χ1) is 9.95. The van der Waals surface area contributed by atoms with Crippen molar-refractivity contribution in [2.24, 2.45) is 0 Å². The van der Waals surface area contributed by atoms with Crippen LogP contribution in [0.5, 0.6) is 0 Å². The molecule has 108 valence electrons. The third-order valence-electron chi connectivity index (χ3n) is 2.32. The van der Waals surface area contributed by atoms with Gasteiger partial charge in [0.25, 0.3) is 11.2 Å². The summed E-state index contributed by atoms with van der Waals surface area (Å²) in [6.07, 6.45) is 0. The summed E-state index contributed by atoms with van der Waals surface area (Å²) in [5, 5.41) is 21.2. The van der Waals surface area contributed by atoms with Crippen LogP contribution in [-0.2, 0) is 0 Å². The molecule has 21 heavy (non-hydrogen) atoms. The van der Waals surface area contributed by atoms with Gasteiger partial charge in [-0.1, -0.05) is 11.6 Å². The highest BCUT2D eigenvalue weighted by atomic mass is 35.5. The van der Waals surface area contributed by atoms with Gasteiger partial charge in [-0.15, -0.1) is 0 Å². The molecule has 10 heteroatoms. The van der Waals surface area contributed by atoms with Crippen LogP contribution in [0.15, 0.2) is 35.1 Å². The molecule has 0 saturated heterocycles. The highest BCUT2D eigenvalue weighted by molar-refractivity contribution is 6.32. The van der Waals surface area contributed by atoms with Gasteiger partial charge in [-0.05, 0) is 18.2 Å². The van der Waals surface area contributed by atoms with E-state index in [0.29, 0.717) is 0 Å². The van der Waals surface area contributed by atoms with Crippen LogP contribution in [0.1, 0.15) is 0 Å². The fourth-order valence-electron chi connectivity index (χ4n) is 1.42. The molecule has 0 radical (unpaired) electrons. The lowest BCUT2D eigenvalue weighted by atomic mass is 10.3. The standard InChI is InChI=1S/C11H8ClN5O4/c12-7-2-1-6(5-8(7)17(20)21)13-11(19)14-9-3-4-10(18)16-15-9/h1-5H,(H,16,18)(H2,13,14,15,19). The van der Waals surface area contributed by atoms with Crippen molar-refractivity contribution in [3.8, 4) is 0 Å². The molecule has 0 aliphatic rings. The van der Waals surface area contributed by atoms with E-state index in [4.69, 9.17) is 11.6 Å². The number of urea groups is 1. The van der Waals surface area contributed by atoms with E-state index in [1.54, 1.807) is 0 Å². The fraction of sp³-hybridized carbons (Fsp3) is 0. The zero-order valence-corrected chi connectivity index (χ0v) is 11.0. The summed E-state index contributed by atoms with van der Waals surface area (Å²) < 4.78 is 0. The minimum atomic E-state index is -0.675. The number of hydrogen-bond donors (Lipinski definition) is 3. The van der Waals surface area contributed by atoms with Crippen molar-refractivity contribution in [3.05, 3.63) is 55.8 Å². The molecule has 1 aromatic heterocycles. The van der Waals surface area contributed by atoms with Gasteiger partial charge in [-0.25, -0.2) is 9.89 Å². The minimum absolute atomic E-state index is 0.0340. The van der Waals surface area contributed by atoms with E-state index >= 15 is 0 Å². The maximum Gasteiger partial charge on any atom is 0.324 e. The van der Waals surface area contributed by atoms with Gasteiger partial charge in [0.1, 0.15) is 5.02 Å². The number of amides is 2. The summed E-state index contributed by atoms with van der Waals surface area (Å²) in [4.78, 5) is 32.6. The molecule has 2 amide bonds. The van der Waals surface area contributed by atoms with Crippen molar-refractivity contribution in [2.45, 2.75) is 0 Å². The van der Waals surface area contributed by atoms with Crippen molar-refractivity contribution in [3.63, 3.8) is 0 Å². The molecule has 9 nitrogen and oxygen atoms in total. The number of rotatable bonds is 3. The Labute approximate surface area is 122 Å². The van der Waals surface area contributed by atoms with E-state index in [-0.39, 0.29) is 22.2 Å². The number of nitrogens with one attached hydrogen (secondary N) is 3. The lowest BCUT2D eigenvalue weighted by molar-refractivity contribution is -0.384. The van der Waals surface area contributed by atoms with E-state index in [0.717, 1.165) is 6.07 Å². The maximum atomic E-state index is 11.7. The molecule has 0 aliphatic carbocycles. The van der Waals surface area contributed by atoms with Crippen LogP contribution in [-0.4, -0.2) is 21.2 Å². The van der Waals surface area contributed by atoms with Crippen LogP contribution < -0.4 is 16.2 Å². The number of carbonyl (C=O) groups excluding carboxylic acids is 1. The van der Waals surface area contributed by atoms with Gasteiger partial charge < -0.3 is 5.32 Å². The number of aromatic amines is 1. The smallest absolute Gasteiger partial charge is 0.307 e. The number of nitro benzene ring substituents is 1. The van der Waals surface area contributed by atoms with Gasteiger partial charge in [-0.3, -0.25) is 20.2 Å². The highest BCUT2D eigenvalue weighted by Gasteiger charge is 2.14. The Bertz CT molecular complexity index is 740. The first-order valence-electron chi connectivity index (χ1n) is 5.53. The predicted octanol–water partition coefficient (Wildman–Crippen LogP) is 1.98. The van der Waals surface area contributed by atoms with Crippen molar-refractivity contribution in [1.29, 1.82) is 0 Å². The number of H-pyrrole nitrogens is 1. The van der Waals surface area contributed by atoms with Gasteiger partial charge >= 0.3 is 6.03 Å². The number of halogens is 1. The number of benzene rings is 1. The molecule has 2 rings (SSSR count). The molecule has 0 fully saturated rings. The van der Waals surface area contributed by atoms with Gasteiger partial charge in [-0.2, -0.15) is 5.10 Å². The van der Waals surface area contributed by atoms with Crippen molar-refractivity contribution < 1.29 is 9.72 Å². The quantitative estimate of drug-likeness (QED) is 0.589. The SMILES string of the molecule is O=C(Nc1ccc(Cl)c([N+](=O)[O-])c1)Nc1ccc(=O)[nH]n1. The average Bonchev–Trinajstić information content (AvgIpc) is 2.43. The Morgan fingerprint density at radius 3 is 2.67 bits per heavy atom. The van der Waals surface area contributed by atoms with Gasteiger partial charge in [0.15, 0.2) is 5.82 Å². The van der Waals surface area contributed by atoms with E-state index < -0.39 is 16.5 Å². The van der Waals surface area contributed by atoms with Crippen LogP contribution in [0.2, 0.25) is 5.02 Å². The number of anilines is 2. The normalized spacial score (nSPS) is 9.95. The molecule has 0 aliphatic heterocycles. The molecule has 0 unspecified atom stereocenters. The van der Waals surface area contributed by atoms with Crippen molar-refractivity contribution in [2.75, 3.05) is 10.6 Å². The second-order valence-corrected chi connectivity index (χ2v) is 4.22. The number of hydrogen-bond acceptors (Lipinski definition) is 5. The van der Waals surface area contributed by atoms with E-state index in [2.05, 4.69) is 20.8 Å². The van der Waals surface area contributed by atoms with Crippen LogP contribution in [0.4, 0.5) is 22.0 Å². The second kappa shape index (κ2) is 6.01. The Morgan fingerprint density at radius 1 is 1.29 bits per heavy atom. The molecule has 0 saturated carbocycles. The molecule has 2 aromatic rings. The van der Waals surface area contributed by atoms with Gasteiger partial charge in [0.05, 0.1) is 4.92 Å². The average molecular weight is 310 g/mol. The molecule has 1 heterocycles. The van der Waals surface area contributed by atoms with Crippen LogP contribution in [0.25, 0.3) is 0 Å². The number of nitrogens with zero attached hydrogens (tertiary/aromatic N) is 2. The van der Waals surface area contributed by atoms with E-state index in [1.807, 2.05) is 0 Å². The third kappa shape index (κ3) is 3.76. The summed E-state index contributed by atoms with van der Waals surface area (Å²) >= 11 is 5.66. The Hall–Kier alpha value is -2.94. The Balaban J connectivity index is 2.09. The monoisotopic (exact) mass is 309 g/mol. The maximum absolute atomic E-state index is 11.7. The molecular formula is C11H8ClN5O4. The molecule has 3 N–H and O–H groups in total. The zero-order chi connectivity index (χ0) is 15.4. The van der Waals surface area contributed by atoms with E-state index in [1.165, 1.54) is 24.3 Å². The number of nitro groups is 1. The van der Waals surface area contributed by atoms with Crippen LogP contribution >= 0.6 is 11.6 Å². The highest BCUT2D eigenvalue weighted by Crippen LogP contribution is 2.27. The van der Waals surface area contributed by atoms with E-state index in [9.17, 15) is 19.7 Å². The fourth-order valence-corrected chi connectivity index (χ4v) is 1.61.